The van der Waals surface area contributed by atoms with Gasteiger partial charge >= 0.3 is 10.1 Å². The van der Waals surface area contributed by atoms with Gasteiger partial charge in [-0.3, -0.25) is 0 Å². The SMILES string of the molecule is CCS(=O)(=O)Oc1cccc(CN(CC(C)C)S(=O)(=O)c2ccc3ccccc3c2)c1. The van der Waals surface area contributed by atoms with Gasteiger partial charge in [-0.05, 0) is 53.4 Å². The summed E-state index contributed by atoms with van der Waals surface area (Å²) >= 11 is 0. The highest BCUT2D eigenvalue weighted by Crippen LogP contribution is 2.25. The molecule has 0 aliphatic rings. The summed E-state index contributed by atoms with van der Waals surface area (Å²) in [6.07, 6.45) is 0. The fourth-order valence-corrected chi connectivity index (χ4v) is 5.38. The first kappa shape index (κ1) is 23.2. The molecule has 0 saturated carbocycles. The van der Waals surface area contributed by atoms with Crippen molar-refractivity contribution in [2.75, 3.05) is 12.3 Å². The molecule has 0 aromatic heterocycles. The van der Waals surface area contributed by atoms with E-state index in [-0.39, 0.29) is 28.9 Å². The molecule has 0 heterocycles. The van der Waals surface area contributed by atoms with Crippen LogP contribution in [0.25, 0.3) is 10.8 Å². The first-order valence-corrected chi connectivity index (χ1v) is 13.1. The third kappa shape index (κ3) is 5.84. The Kier molecular flexibility index (Phi) is 7.03. The number of nitrogens with zero attached hydrogens (tertiary/aromatic N) is 1. The molecule has 0 aliphatic carbocycles. The zero-order valence-electron chi connectivity index (χ0n) is 17.9. The maximum Gasteiger partial charge on any atom is 0.308 e. The van der Waals surface area contributed by atoms with Crippen LogP contribution in [0.1, 0.15) is 26.3 Å². The molecule has 0 atom stereocenters. The van der Waals surface area contributed by atoms with Gasteiger partial charge < -0.3 is 4.18 Å². The molecule has 6 nitrogen and oxygen atoms in total. The molecule has 0 N–H and O–H groups in total. The van der Waals surface area contributed by atoms with Crippen LogP contribution in [-0.4, -0.2) is 33.4 Å². The molecular formula is C23H27NO5S2. The number of benzene rings is 3. The topological polar surface area (TPSA) is 80.8 Å². The van der Waals surface area contributed by atoms with E-state index in [9.17, 15) is 16.8 Å². The Balaban J connectivity index is 1.94. The summed E-state index contributed by atoms with van der Waals surface area (Å²) in [5, 5.41) is 1.83. The number of fused-ring (bicyclic) bond motifs is 1. The van der Waals surface area contributed by atoms with E-state index in [1.165, 1.54) is 11.2 Å². The predicted octanol–water partition coefficient (Wildman–Crippen LogP) is 4.42. The molecule has 3 rings (SSSR count). The third-order valence-corrected chi connectivity index (χ3v) is 7.72. The molecule has 0 bridgehead atoms. The number of rotatable bonds is 9. The fourth-order valence-electron chi connectivity index (χ4n) is 3.24. The van der Waals surface area contributed by atoms with E-state index in [1.807, 2.05) is 38.1 Å². The minimum Gasteiger partial charge on any atom is -0.382 e. The van der Waals surface area contributed by atoms with E-state index in [0.717, 1.165) is 10.8 Å². The van der Waals surface area contributed by atoms with Gasteiger partial charge in [0, 0.05) is 13.1 Å². The smallest absolute Gasteiger partial charge is 0.308 e. The third-order valence-electron chi connectivity index (χ3n) is 4.76. The standard InChI is InChI=1S/C23H27NO5S2/c1-4-30(25,26)29-22-11-7-8-19(14-22)17-24(16-18(2)3)31(27,28)23-13-12-20-9-5-6-10-21(20)15-23/h5-15,18H,4,16-17H2,1-3H3. The van der Waals surface area contributed by atoms with Gasteiger partial charge in [-0.2, -0.15) is 12.7 Å². The first-order valence-electron chi connectivity index (χ1n) is 10.1. The molecule has 8 heteroatoms. The van der Waals surface area contributed by atoms with Gasteiger partial charge in [0.1, 0.15) is 5.75 Å². The van der Waals surface area contributed by atoms with Crippen molar-refractivity contribution in [2.24, 2.45) is 5.92 Å². The van der Waals surface area contributed by atoms with Gasteiger partial charge in [0.05, 0.1) is 10.6 Å². The minimum atomic E-state index is -3.76. The summed E-state index contributed by atoms with van der Waals surface area (Å²) in [5.41, 5.74) is 0.647. The Morgan fingerprint density at radius 2 is 1.58 bits per heavy atom. The van der Waals surface area contributed by atoms with Crippen molar-refractivity contribution in [2.45, 2.75) is 32.2 Å². The second-order valence-electron chi connectivity index (χ2n) is 7.78. The normalized spacial score (nSPS) is 12.5. The fraction of sp³-hybridized carbons (Fsp3) is 0.304. The summed E-state index contributed by atoms with van der Waals surface area (Å²) in [6.45, 7) is 5.84. The average Bonchev–Trinajstić information content (AvgIpc) is 2.72. The Morgan fingerprint density at radius 1 is 0.871 bits per heavy atom. The average molecular weight is 462 g/mol. The second kappa shape index (κ2) is 9.38. The van der Waals surface area contributed by atoms with E-state index in [0.29, 0.717) is 12.1 Å². The summed E-state index contributed by atoms with van der Waals surface area (Å²) in [4.78, 5) is 0.229. The van der Waals surface area contributed by atoms with Crippen LogP contribution < -0.4 is 4.18 Å². The lowest BCUT2D eigenvalue weighted by molar-refractivity contribution is 0.361. The Morgan fingerprint density at radius 3 is 2.26 bits per heavy atom. The summed E-state index contributed by atoms with van der Waals surface area (Å²) in [6, 6.07) is 19.3. The molecule has 0 unspecified atom stereocenters. The van der Waals surface area contributed by atoms with Crippen molar-refractivity contribution in [1.29, 1.82) is 0 Å². The maximum atomic E-state index is 13.5. The van der Waals surface area contributed by atoms with Crippen LogP contribution in [0.3, 0.4) is 0 Å². The molecule has 0 aliphatic heterocycles. The van der Waals surface area contributed by atoms with Crippen LogP contribution in [0.15, 0.2) is 71.6 Å². The Hall–Kier alpha value is -2.42. The predicted molar refractivity (Wildman–Crippen MR) is 123 cm³/mol. The van der Waals surface area contributed by atoms with Gasteiger partial charge in [-0.1, -0.05) is 56.3 Å². The van der Waals surface area contributed by atoms with Crippen molar-refractivity contribution >= 4 is 30.9 Å². The van der Waals surface area contributed by atoms with Gasteiger partial charge in [0.15, 0.2) is 0 Å². The number of hydrogen-bond donors (Lipinski definition) is 0. The molecule has 166 valence electrons. The molecular weight excluding hydrogens is 434 g/mol. The molecule has 0 radical (unpaired) electrons. The molecule has 3 aromatic carbocycles. The Bertz CT molecular complexity index is 1270. The van der Waals surface area contributed by atoms with Crippen LogP contribution in [0, 0.1) is 5.92 Å². The zero-order valence-corrected chi connectivity index (χ0v) is 19.5. The lowest BCUT2D eigenvalue weighted by Gasteiger charge is -2.24. The van der Waals surface area contributed by atoms with Crippen molar-refractivity contribution < 1.29 is 21.0 Å². The van der Waals surface area contributed by atoms with E-state index < -0.39 is 20.1 Å². The van der Waals surface area contributed by atoms with Crippen molar-refractivity contribution in [3.05, 3.63) is 72.3 Å². The lowest BCUT2D eigenvalue weighted by atomic mass is 10.1. The van der Waals surface area contributed by atoms with Gasteiger partial charge in [-0.15, -0.1) is 0 Å². The van der Waals surface area contributed by atoms with Crippen LogP contribution in [0.2, 0.25) is 0 Å². The van der Waals surface area contributed by atoms with E-state index in [1.54, 1.807) is 42.5 Å². The van der Waals surface area contributed by atoms with Crippen molar-refractivity contribution in [1.82, 2.24) is 4.31 Å². The molecule has 3 aromatic rings. The lowest BCUT2D eigenvalue weighted by Crippen LogP contribution is -2.33. The summed E-state index contributed by atoms with van der Waals surface area (Å²) < 4.78 is 57.0. The number of sulfonamides is 1. The number of hydrogen-bond acceptors (Lipinski definition) is 5. The van der Waals surface area contributed by atoms with Crippen LogP contribution in [-0.2, 0) is 26.7 Å². The summed E-state index contributed by atoms with van der Waals surface area (Å²) in [7, 11) is -7.42. The molecule has 0 amide bonds. The zero-order chi connectivity index (χ0) is 22.6. The largest absolute Gasteiger partial charge is 0.382 e. The first-order chi connectivity index (χ1) is 14.6. The van der Waals surface area contributed by atoms with Crippen LogP contribution in [0.4, 0.5) is 0 Å². The van der Waals surface area contributed by atoms with Gasteiger partial charge in [-0.25, -0.2) is 8.42 Å². The minimum absolute atomic E-state index is 0.107. The maximum absolute atomic E-state index is 13.5. The van der Waals surface area contributed by atoms with Gasteiger partial charge in [0.25, 0.3) is 0 Å². The van der Waals surface area contributed by atoms with E-state index in [4.69, 9.17) is 4.18 Å². The quantitative estimate of drug-likeness (QED) is 0.441. The highest BCUT2D eigenvalue weighted by atomic mass is 32.2. The highest BCUT2D eigenvalue weighted by molar-refractivity contribution is 7.89. The summed E-state index contributed by atoms with van der Waals surface area (Å²) in [5.74, 6) is 0.134. The monoisotopic (exact) mass is 461 g/mol. The van der Waals surface area contributed by atoms with Crippen molar-refractivity contribution in [3.63, 3.8) is 0 Å². The molecule has 31 heavy (non-hydrogen) atoms. The van der Waals surface area contributed by atoms with E-state index >= 15 is 0 Å². The van der Waals surface area contributed by atoms with Crippen LogP contribution >= 0.6 is 0 Å². The van der Waals surface area contributed by atoms with Gasteiger partial charge in [0.2, 0.25) is 10.0 Å². The Labute approximate surface area is 184 Å². The van der Waals surface area contributed by atoms with Crippen LogP contribution in [0.5, 0.6) is 5.75 Å². The van der Waals surface area contributed by atoms with Crippen molar-refractivity contribution in [3.8, 4) is 5.75 Å². The second-order valence-corrected chi connectivity index (χ2v) is 11.6. The molecule has 0 spiro atoms. The highest BCUT2D eigenvalue weighted by Gasteiger charge is 2.26. The van der Waals surface area contributed by atoms with E-state index in [2.05, 4.69) is 0 Å². The molecule has 0 fully saturated rings. The molecule has 0 saturated heterocycles.